The van der Waals surface area contributed by atoms with Crippen LogP contribution in [0.25, 0.3) is 61.9 Å². The number of aliphatic hydroxyl groups is 2. The summed E-state index contributed by atoms with van der Waals surface area (Å²) >= 11 is 41.7. The summed E-state index contributed by atoms with van der Waals surface area (Å²) in [6, 6.07) is 44.1. The summed E-state index contributed by atoms with van der Waals surface area (Å²) in [7, 11) is 1.28. The monoisotopic (exact) mass is 2100 g/mol. The first-order valence-electron chi connectivity index (χ1n) is 45.3. The minimum atomic E-state index is -5.24. The molecular formula is C107H125Cl7F8N12O8. The van der Waals surface area contributed by atoms with Crippen molar-refractivity contribution in [2.24, 2.45) is 11.5 Å². The molecule has 0 bridgehead atoms. The molecule has 0 spiro atoms. The molecule has 11 aromatic rings. The molecule has 5 aromatic heterocycles. The molecule has 2 unspecified atom stereocenters. The molecule has 2 amide bonds. The fraction of sp³-hybridized carbons (Fsp3) is 0.383. The van der Waals surface area contributed by atoms with Crippen molar-refractivity contribution >= 4 is 105 Å². The maximum absolute atomic E-state index is 14.7. The Kier molecular flexibility index (Phi) is 41.3. The van der Waals surface area contributed by atoms with E-state index >= 15 is 0 Å². The summed E-state index contributed by atoms with van der Waals surface area (Å²) < 4.78 is 127. The second kappa shape index (κ2) is 49.3. The molecule has 0 fully saturated rings. The van der Waals surface area contributed by atoms with Crippen LogP contribution in [-0.2, 0) is 48.4 Å². The number of primary amides is 1. The van der Waals surface area contributed by atoms with E-state index in [4.69, 9.17) is 107 Å². The van der Waals surface area contributed by atoms with Crippen molar-refractivity contribution in [1.29, 1.82) is 0 Å². The molecule has 0 radical (unpaired) electrons. The van der Waals surface area contributed by atoms with E-state index in [0.717, 1.165) is 62.5 Å². The number of carbonyl (C=O) groups excluding carboxylic acids is 3. The van der Waals surface area contributed by atoms with Gasteiger partial charge in [-0.1, -0.05) is 143 Å². The number of ether oxygens (including phenoxy) is 3. The van der Waals surface area contributed by atoms with Crippen LogP contribution in [0.4, 0.5) is 39.9 Å². The first-order valence-corrected chi connectivity index (χ1v) is 48.0. The Labute approximate surface area is 862 Å². The molecule has 2 atom stereocenters. The minimum Gasteiger partial charge on any atom is -0.493 e. The summed E-state index contributed by atoms with van der Waals surface area (Å²) in [4.78, 5) is 58.2. The SMILES string of the molecule is C=C(C)c1cc(C(C)(C)NC(C)C)cc(-c2ccc(F)c(Cl)c2)n1.CC(C)(N)c1cc(Cl)nc(-c2ccc(F)c(Cl)c2)c1.CC(C)NC(C)(C)c1cc(-c2ccc(F)c(Cl)c2)nc(C(C)(O)CNC(=O)OC(C)(C)C)c1.CC(C)NC(C)(C)c1cc(Cl)nc(-c2ccc(F)c(Cl)c2)c1.COc1cc(C(=O)CCC(O)(c2cc(C(C)(C)NC(C)C)cc(-c3ccc(F)c(Cl)c3)n2)C(F)(F)F)ccc1OCC(N)=O. The number of alkyl carbamates (subject to hydrolysis) is 1. The van der Waals surface area contributed by atoms with Crippen molar-refractivity contribution in [2.75, 3.05) is 20.3 Å². The number of alkyl halides is 3. The normalized spacial score (nSPS) is 12.9. The van der Waals surface area contributed by atoms with Gasteiger partial charge in [0.25, 0.3) is 5.91 Å². The van der Waals surface area contributed by atoms with Crippen LogP contribution in [0, 0.1) is 29.1 Å². The minimum absolute atomic E-state index is 0.0107. The number of carbonyl (C=O) groups is 3. The fourth-order valence-electron chi connectivity index (χ4n) is 15.0. The van der Waals surface area contributed by atoms with Gasteiger partial charge in [0.05, 0.1) is 84.3 Å². The number of amides is 2. The molecule has 0 saturated carbocycles. The number of rotatable bonds is 31. The van der Waals surface area contributed by atoms with Crippen LogP contribution in [-0.4, -0.2) is 109 Å². The van der Waals surface area contributed by atoms with Gasteiger partial charge in [0.2, 0.25) is 5.60 Å². The third kappa shape index (κ3) is 34.3. The number of nitrogens with two attached hydrogens (primary N) is 2. The molecule has 6 aromatic carbocycles. The summed E-state index contributed by atoms with van der Waals surface area (Å²) in [6.45, 7) is 48.2. The summed E-state index contributed by atoms with van der Waals surface area (Å²) in [5.74, 6) is -3.90. The molecule has 11 rings (SSSR count). The highest BCUT2D eigenvalue weighted by Crippen LogP contribution is 2.46. The predicted molar refractivity (Wildman–Crippen MR) is 555 cm³/mol. The third-order valence-corrected chi connectivity index (χ3v) is 23.6. The highest BCUT2D eigenvalue weighted by atomic mass is 35.5. The van der Waals surface area contributed by atoms with Crippen molar-refractivity contribution in [3.8, 4) is 67.8 Å². The van der Waals surface area contributed by atoms with E-state index < -0.39 is 112 Å². The van der Waals surface area contributed by atoms with E-state index in [1.54, 1.807) is 96.1 Å². The number of pyridine rings is 5. The van der Waals surface area contributed by atoms with Gasteiger partial charge in [0.15, 0.2) is 23.9 Å². The van der Waals surface area contributed by atoms with Crippen LogP contribution in [0.3, 0.4) is 0 Å². The molecule has 20 nitrogen and oxygen atoms in total. The Balaban J connectivity index is 0.000000249. The van der Waals surface area contributed by atoms with Gasteiger partial charge in [0, 0.05) is 91.7 Å². The smallest absolute Gasteiger partial charge is 0.422 e. The molecule has 0 aliphatic carbocycles. The summed E-state index contributed by atoms with van der Waals surface area (Å²) in [6.07, 6.45) is -7.66. The van der Waals surface area contributed by atoms with Gasteiger partial charge in [-0.25, -0.2) is 51.7 Å². The number of aromatic nitrogens is 5. The molecule has 0 aliphatic heterocycles. The Morgan fingerprint density at radius 2 is 0.754 bits per heavy atom. The maximum Gasteiger partial charge on any atom is 0.422 e. The second-order valence-corrected chi connectivity index (χ2v) is 42.2. The van der Waals surface area contributed by atoms with E-state index in [1.165, 1.54) is 73.8 Å². The highest BCUT2D eigenvalue weighted by Gasteiger charge is 2.56. The number of nitrogens with one attached hydrogen (secondary N) is 5. The fourth-order valence-corrected chi connectivity index (χ4v) is 16.3. The molecule has 766 valence electrons. The van der Waals surface area contributed by atoms with Crippen molar-refractivity contribution in [1.82, 2.24) is 51.5 Å². The maximum atomic E-state index is 14.7. The number of hydrogen-bond acceptors (Lipinski definition) is 18. The average molecular weight is 2110 g/mol. The molecule has 142 heavy (non-hydrogen) atoms. The predicted octanol–water partition coefficient (Wildman–Crippen LogP) is 27.2. The number of methoxy groups -OCH3 is 1. The quantitative estimate of drug-likeness (QED) is 0.0111. The Morgan fingerprint density at radius 1 is 0.430 bits per heavy atom. The van der Waals surface area contributed by atoms with Crippen molar-refractivity contribution in [3.63, 3.8) is 0 Å². The van der Waals surface area contributed by atoms with Gasteiger partial charge in [-0.15, -0.1) is 0 Å². The van der Waals surface area contributed by atoms with Crippen molar-refractivity contribution < 1.29 is 73.9 Å². The van der Waals surface area contributed by atoms with Gasteiger partial charge in [0.1, 0.15) is 50.6 Å². The number of allylic oxidation sites excluding steroid dienone is 1. The van der Waals surface area contributed by atoms with Gasteiger partial charge in [-0.3, -0.25) is 9.59 Å². The molecule has 5 heterocycles. The summed E-state index contributed by atoms with van der Waals surface area (Å²) in [5, 5.41) is 39.6. The van der Waals surface area contributed by atoms with E-state index in [0.29, 0.717) is 61.9 Å². The lowest BCUT2D eigenvalue weighted by Gasteiger charge is -2.34. The lowest BCUT2D eigenvalue weighted by Crippen LogP contribution is -2.45. The van der Waals surface area contributed by atoms with Crippen LogP contribution in [0.5, 0.6) is 11.5 Å². The first-order chi connectivity index (χ1) is 65.4. The van der Waals surface area contributed by atoms with Crippen LogP contribution >= 0.6 is 81.2 Å². The highest BCUT2D eigenvalue weighted by molar-refractivity contribution is 6.33. The first kappa shape index (κ1) is 119. The number of benzene rings is 6. The van der Waals surface area contributed by atoms with E-state index in [1.807, 2.05) is 98.7 Å². The molecule has 35 heteroatoms. The third-order valence-electron chi connectivity index (χ3n) is 21.8. The average Bonchev–Trinajstić information content (AvgIpc) is 0.753. The lowest BCUT2D eigenvalue weighted by atomic mass is 9.85. The van der Waals surface area contributed by atoms with E-state index in [-0.39, 0.29) is 83.1 Å². The Hall–Kier alpha value is -9.99. The van der Waals surface area contributed by atoms with E-state index in [2.05, 4.69) is 113 Å². The number of Topliss-reactive ketones (excluding diaryl/α,β-unsaturated/α-hetero) is 1. The number of ketones is 1. The van der Waals surface area contributed by atoms with Crippen molar-refractivity contribution in [2.45, 2.75) is 247 Å². The number of nitrogens with zero attached hydrogens (tertiary/aromatic N) is 5. The largest absolute Gasteiger partial charge is 0.493 e. The van der Waals surface area contributed by atoms with Gasteiger partial charge < -0.3 is 62.5 Å². The Morgan fingerprint density at radius 3 is 1.08 bits per heavy atom. The molecule has 0 saturated heterocycles. The van der Waals surface area contributed by atoms with E-state index in [9.17, 15) is 59.7 Å². The van der Waals surface area contributed by atoms with Crippen LogP contribution in [0.15, 0.2) is 176 Å². The van der Waals surface area contributed by atoms with Crippen LogP contribution < -0.4 is 47.5 Å². The van der Waals surface area contributed by atoms with Crippen molar-refractivity contribution in [3.05, 3.63) is 291 Å². The molecule has 11 N–H and O–H groups in total. The van der Waals surface area contributed by atoms with Gasteiger partial charge >= 0.3 is 12.3 Å². The van der Waals surface area contributed by atoms with Crippen LogP contribution in [0.2, 0.25) is 35.4 Å². The number of halogens is 15. The molecular weight excluding hydrogens is 1980 g/mol. The second-order valence-electron chi connectivity index (χ2n) is 39.4. The summed E-state index contributed by atoms with van der Waals surface area (Å²) in [5.41, 5.74) is 14.2. The zero-order valence-corrected chi connectivity index (χ0v) is 89.2. The topological polar surface area (TPSA) is 296 Å². The number of hydrogen-bond donors (Lipinski definition) is 9. The lowest BCUT2D eigenvalue weighted by molar-refractivity contribution is -0.270. The Bertz CT molecular complexity index is 6310. The zero-order valence-electron chi connectivity index (χ0n) is 83.9. The zero-order chi connectivity index (χ0) is 107. The molecule has 0 aliphatic rings. The van der Waals surface area contributed by atoms with Gasteiger partial charge in [-0.2, -0.15) is 13.2 Å². The van der Waals surface area contributed by atoms with Crippen LogP contribution in [0.1, 0.15) is 227 Å². The van der Waals surface area contributed by atoms with Gasteiger partial charge in [-0.05, 0) is 314 Å². The standard InChI is InChI=1S/C31H34ClF4N3O5.C25H35ClFN3O3.C20H24ClFN2.C17H19Cl2FN2.C14H13Cl2FN2/c1-17(2)39-29(3,4)20-14-23(18-6-8-22(33)21(32)12-18)38-27(15-20)30(42,31(34,35)36)11-10-24(40)19-7-9-25(26(13-19)43-5)44-16-28(37)41;1-15(2)30-24(6,7)17-12-20(16-9-10-19(27)18(26)11-16)29-21(13-17)25(8,32)14-28-22(31)33-23(3,4)5;1-12(2)18-10-15(20(5,6)24-13(3)4)11-19(23-18)14-7-8-17(22)16(21)9-14;1-10(2)22-17(3,4)12-8-15(21-16(19)9-12)11-5-6-14(20)13(18)7-11;1-14(2,18)9-6-12(19-13(16)7-9)8-3-4-11(17)10(15)5-8/h6-9,12-15,17,39,42H,10-11,16H2,1-5H3,(H2,37,41);9-13,15,30,32H,14H2,1-8H3,(H,28,31);7-11,13,24H,1H2,2-6H3;5-10,22H,1-4H3;3-7H,18H2,1-2H3.